The van der Waals surface area contributed by atoms with Crippen molar-refractivity contribution in [3.8, 4) is 0 Å². The van der Waals surface area contributed by atoms with Gasteiger partial charge in [0.25, 0.3) is 0 Å². The van der Waals surface area contributed by atoms with Crippen molar-refractivity contribution in [1.29, 1.82) is 0 Å². The molecule has 0 saturated heterocycles. The van der Waals surface area contributed by atoms with Crippen LogP contribution in [0.2, 0.25) is 0 Å². The number of hydrogen-bond donors (Lipinski definition) is 2. The first-order valence-electron chi connectivity index (χ1n) is 4.81. The number of benzene rings is 1. The maximum absolute atomic E-state index is 9.53. The SMILES string of the molecule is COCOCc1cccc(C(O)CN)c1. The van der Waals surface area contributed by atoms with E-state index in [4.69, 9.17) is 15.2 Å². The Labute approximate surface area is 89.6 Å². The Morgan fingerprint density at radius 2 is 2.27 bits per heavy atom. The zero-order valence-corrected chi connectivity index (χ0v) is 8.85. The highest BCUT2D eigenvalue weighted by Gasteiger charge is 2.05. The zero-order chi connectivity index (χ0) is 11.1. The van der Waals surface area contributed by atoms with Gasteiger partial charge in [-0.1, -0.05) is 24.3 Å². The molecule has 1 atom stereocenters. The molecule has 4 nitrogen and oxygen atoms in total. The fourth-order valence-electron chi connectivity index (χ4n) is 1.27. The maximum atomic E-state index is 9.53. The van der Waals surface area contributed by atoms with Crippen molar-refractivity contribution in [2.45, 2.75) is 12.7 Å². The van der Waals surface area contributed by atoms with E-state index in [9.17, 15) is 5.11 Å². The molecule has 15 heavy (non-hydrogen) atoms. The third kappa shape index (κ3) is 3.97. The molecule has 0 amide bonds. The van der Waals surface area contributed by atoms with E-state index in [0.29, 0.717) is 6.61 Å². The molecule has 4 heteroatoms. The van der Waals surface area contributed by atoms with Crippen LogP contribution in [0.15, 0.2) is 24.3 Å². The van der Waals surface area contributed by atoms with E-state index >= 15 is 0 Å². The second-order valence-electron chi connectivity index (χ2n) is 3.25. The van der Waals surface area contributed by atoms with E-state index in [-0.39, 0.29) is 13.3 Å². The molecule has 0 aliphatic rings. The first kappa shape index (κ1) is 12.1. The van der Waals surface area contributed by atoms with Crippen LogP contribution < -0.4 is 5.73 Å². The van der Waals surface area contributed by atoms with E-state index in [1.807, 2.05) is 24.3 Å². The van der Waals surface area contributed by atoms with Gasteiger partial charge in [-0.25, -0.2) is 0 Å². The fourth-order valence-corrected chi connectivity index (χ4v) is 1.27. The van der Waals surface area contributed by atoms with Crippen molar-refractivity contribution < 1.29 is 14.6 Å². The second kappa shape index (κ2) is 6.53. The van der Waals surface area contributed by atoms with Gasteiger partial charge in [0.05, 0.1) is 12.7 Å². The van der Waals surface area contributed by atoms with Gasteiger partial charge in [-0.3, -0.25) is 0 Å². The van der Waals surface area contributed by atoms with E-state index in [1.165, 1.54) is 0 Å². The highest BCUT2D eigenvalue weighted by Crippen LogP contribution is 2.13. The molecule has 0 heterocycles. The Hall–Kier alpha value is -0.940. The average molecular weight is 211 g/mol. The first-order valence-corrected chi connectivity index (χ1v) is 4.81. The van der Waals surface area contributed by atoms with Gasteiger partial charge < -0.3 is 20.3 Å². The molecule has 0 aromatic heterocycles. The average Bonchev–Trinajstić information content (AvgIpc) is 2.29. The molecule has 1 unspecified atom stereocenters. The minimum absolute atomic E-state index is 0.225. The molecule has 84 valence electrons. The maximum Gasteiger partial charge on any atom is 0.146 e. The van der Waals surface area contributed by atoms with E-state index in [0.717, 1.165) is 11.1 Å². The van der Waals surface area contributed by atoms with E-state index < -0.39 is 6.10 Å². The number of aliphatic hydroxyl groups excluding tert-OH is 1. The lowest BCUT2D eigenvalue weighted by Gasteiger charge is -2.10. The molecule has 3 N–H and O–H groups in total. The van der Waals surface area contributed by atoms with Crippen LogP contribution in [-0.2, 0) is 16.1 Å². The highest BCUT2D eigenvalue weighted by molar-refractivity contribution is 5.24. The van der Waals surface area contributed by atoms with Crippen molar-refractivity contribution >= 4 is 0 Å². The number of ether oxygens (including phenoxy) is 2. The van der Waals surface area contributed by atoms with Crippen LogP contribution in [0, 0.1) is 0 Å². The van der Waals surface area contributed by atoms with Crippen LogP contribution in [0.1, 0.15) is 17.2 Å². The zero-order valence-electron chi connectivity index (χ0n) is 8.85. The van der Waals surface area contributed by atoms with E-state index in [1.54, 1.807) is 7.11 Å². The summed E-state index contributed by atoms with van der Waals surface area (Å²) in [6, 6.07) is 7.53. The van der Waals surface area contributed by atoms with Gasteiger partial charge in [-0.15, -0.1) is 0 Å². The topological polar surface area (TPSA) is 64.7 Å². The molecule has 1 aromatic carbocycles. The number of nitrogens with two attached hydrogens (primary N) is 1. The van der Waals surface area contributed by atoms with Crippen molar-refractivity contribution in [2.24, 2.45) is 5.73 Å². The van der Waals surface area contributed by atoms with Gasteiger partial charge in [-0.2, -0.15) is 0 Å². The van der Waals surface area contributed by atoms with Gasteiger partial charge in [0.1, 0.15) is 6.79 Å². The van der Waals surface area contributed by atoms with Crippen LogP contribution in [-0.4, -0.2) is 25.6 Å². The Kier molecular flexibility index (Phi) is 5.28. The van der Waals surface area contributed by atoms with Gasteiger partial charge in [-0.05, 0) is 11.1 Å². The third-order valence-electron chi connectivity index (χ3n) is 2.03. The predicted molar refractivity (Wildman–Crippen MR) is 57.1 cm³/mol. The summed E-state index contributed by atoms with van der Waals surface area (Å²) in [5, 5.41) is 9.53. The highest BCUT2D eigenvalue weighted by atomic mass is 16.7. The summed E-state index contributed by atoms with van der Waals surface area (Å²) >= 11 is 0. The van der Waals surface area contributed by atoms with Crippen LogP contribution in [0.4, 0.5) is 0 Å². The Balaban J connectivity index is 2.57. The Bertz CT molecular complexity index is 291. The normalized spacial score (nSPS) is 12.7. The van der Waals surface area contributed by atoms with Crippen LogP contribution in [0.5, 0.6) is 0 Å². The minimum atomic E-state index is -0.604. The number of methoxy groups -OCH3 is 1. The molecule has 0 fully saturated rings. The van der Waals surface area contributed by atoms with Gasteiger partial charge in [0.15, 0.2) is 0 Å². The molecular formula is C11H17NO3. The molecule has 1 rings (SSSR count). The van der Waals surface area contributed by atoms with Crippen molar-refractivity contribution in [3.63, 3.8) is 0 Å². The molecule has 0 radical (unpaired) electrons. The van der Waals surface area contributed by atoms with Crippen LogP contribution in [0.25, 0.3) is 0 Å². The van der Waals surface area contributed by atoms with Gasteiger partial charge in [0, 0.05) is 13.7 Å². The predicted octanol–water partition coefficient (Wildman–Crippen LogP) is 0.799. The summed E-state index contributed by atoms with van der Waals surface area (Å²) in [7, 11) is 1.58. The molecule has 0 spiro atoms. The number of rotatable bonds is 6. The van der Waals surface area contributed by atoms with Crippen molar-refractivity contribution in [1.82, 2.24) is 0 Å². The molecular weight excluding hydrogens is 194 g/mol. The minimum Gasteiger partial charge on any atom is -0.387 e. The third-order valence-corrected chi connectivity index (χ3v) is 2.03. The molecule has 0 aliphatic carbocycles. The largest absolute Gasteiger partial charge is 0.387 e. The lowest BCUT2D eigenvalue weighted by molar-refractivity contribution is -0.0391. The molecule has 0 saturated carbocycles. The summed E-state index contributed by atoms with van der Waals surface area (Å²) in [5.74, 6) is 0. The smallest absolute Gasteiger partial charge is 0.146 e. The second-order valence-corrected chi connectivity index (χ2v) is 3.25. The summed E-state index contributed by atoms with van der Waals surface area (Å²) in [6.45, 7) is 0.963. The number of hydrogen-bond acceptors (Lipinski definition) is 4. The quantitative estimate of drug-likeness (QED) is 0.539. The molecule has 0 bridgehead atoms. The summed E-state index contributed by atoms with van der Waals surface area (Å²) < 4.78 is 9.97. The number of aliphatic hydroxyl groups is 1. The molecule has 1 aromatic rings. The fraction of sp³-hybridized carbons (Fsp3) is 0.455. The lowest BCUT2D eigenvalue weighted by Crippen LogP contribution is -2.11. The monoisotopic (exact) mass is 211 g/mol. The molecule has 0 aliphatic heterocycles. The van der Waals surface area contributed by atoms with Crippen molar-refractivity contribution in [3.05, 3.63) is 35.4 Å². The Morgan fingerprint density at radius 1 is 1.47 bits per heavy atom. The Morgan fingerprint density at radius 3 is 2.93 bits per heavy atom. The lowest BCUT2D eigenvalue weighted by atomic mass is 10.1. The van der Waals surface area contributed by atoms with Crippen molar-refractivity contribution in [2.75, 3.05) is 20.4 Å². The summed E-state index contributed by atoms with van der Waals surface area (Å²) in [5.41, 5.74) is 7.19. The first-order chi connectivity index (χ1) is 7.27. The standard InChI is InChI=1S/C11H17NO3/c1-14-8-15-7-9-3-2-4-10(5-9)11(13)6-12/h2-5,11,13H,6-8,12H2,1H3. The van der Waals surface area contributed by atoms with Crippen LogP contribution in [0.3, 0.4) is 0 Å². The summed E-state index contributed by atoms with van der Waals surface area (Å²) in [4.78, 5) is 0. The van der Waals surface area contributed by atoms with Gasteiger partial charge >= 0.3 is 0 Å². The summed E-state index contributed by atoms with van der Waals surface area (Å²) in [6.07, 6.45) is -0.604. The van der Waals surface area contributed by atoms with E-state index in [2.05, 4.69) is 0 Å². The van der Waals surface area contributed by atoms with Crippen LogP contribution >= 0.6 is 0 Å². The van der Waals surface area contributed by atoms with Gasteiger partial charge in [0.2, 0.25) is 0 Å².